The van der Waals surface area contributed by atoms with E-state index in [2.05, 4.69) is 5.32 Å². The number of esters is 2. The van der Waals surface area contributed by atoms with Crippen LogP contribution >= 0.6 is 0 Å². The van der Waals surface area contributed by atoms with Gasteiger partial charge in [0.2, 0.25) is 5.91 Å². The molecule has 1 aliphatic heterocycles. The average molecular weight is 473 g/mol. The van der Waals surface area contributed by atoms with Gasteiger partial charge < -0.3 is 14.4 Å². The third-order valence-corrected chi connectivity index (χ3v) is 6.68. The van der Waals surface area contributed by atoms with Gasteiger partial charge in [0.25, 0.3) is 0 Å². The number of carbonyl (C=O) groups excluding carboxylic acids is 3. The molecule has 188 valence electrons. The van der Waals surface area contributed by atoms with E-state index in [4.69, 9.17) is 9.47 Å². The summed E-state index contributed by atoms with van der Waals surface area (Å²) in [5.41, 5.74) is 0.525. The number of nitrogens with zero attached hydrogens (tertiary/aromatic N) is 1. The van der Waals surface area contributed by atoms with Crippen LogP contribution in [0.5, 0.6) is 0 Å². The van der Waals surface area contributed by atoms with E-state index in [0.29, 0.717) is 25.2 Å². The van der Waals surface area contributed by atoms with Crippen LogP contribution in [0.25, 0.3) is 0 Å². The highest BCUT2D eigenvalue weighted by molar-refractivity contribution is 5.87. The second kappa shape index (κ2) is 11.8. The quantitative estimate of drug-likeness (QED) is 0.553. The van der Waals surface area contributed by atoms with Gasteiger partial charge in [-0.2, -0.15) is 0 Å². The maximum absolute atomic E-state index is 13.7. The van der Waals surface area contributed by atoms with Crippen LogP contribution in [-0.4, -0.2) is 59.6 Å². The number of nitrogens with one attached hydrogen (secondary N) is 1. The standard InChI is InChI=1S/C27H40N2O5/c1-5-33-26(32)22(16-14-19-10-7-6-8-11-19)28-21-17-15-20-12-9-13-23(20)29(25(21)31)18-24(30)34-27(2,3)4/h6-8,10-11,20-23,28H,5,9,12-18H2,1-4H3/t20?,21?,22-,23?/m0/s1. The summed E-state index contributed by atoms with van der Waals surface area (Å²) in [4.78, 5) is 40.8. The molecule has 4 atom stereocenters. The van der Waals surface area contributed by atoms with Gasteiger partial charge >= 0.3 is 11.9 Å². The number of rotatable bonds is 9. The zero-order valence-electron chi connectivity index (χ0n) is 21.0. The molecule has 2 aliphatic rings. The Balaban J connectivity index is 1.74. The molecule has 0 aromatic heterocycles. The molecule has 1 aromatic carbocycles. The molecule has 1 saturated carbocycles. The Morgan fingerprint density at radius 2 is 1.85 bits per heavy atom. The van der Waals surface area contributed by atoms with Gasteiger partial charge in [-0.05, 0) is 77.7 Å². The predicted octanol–water partition coefficient (Wildman–Crippen LogP) is 3.64. The Labute approximate surface area is 203 Å². The van der Waals surface area contributed by atoms with Crippen molar-refractivity contribution in [3.05, 3.63) is 35.9 Å². The van der Waals surface area contributed by atoms with E-state index in [-0.39, 0.29) is 31.1 Å². The number of carbonyl (C=O) groups is 3. The van der Waals surface area contributed by atoms with Crippen molar-refractivity contribution in [1.29, 1.82) is 0 Å². The summed E-state index contributed by atoms with van der Waals surface area (Å²) in [6, 6.07) is 8.91. The number of amides is 1. The van der Waals surface area contributed by atoms with E-state index < -0.39 is 23.7 Å². The number of aryl methyl sites for hydroxylation is 1. The molecule has 1 amide bonds. The SMILES string of the molecule is CCOC(=O)[C@H](CCc1ccccc1)NC1CCC2CCCC2N(CC(=O)OC(C)(C)C)C1=O. The largest absolute Gasteiger partial charge is 0.465 e. The van der Waals surface area contributed by atoms with Crippen LogP contribution in [-0.2, 0) is 30.3 Å². The fourth-order valence-corrected chi connectivity index (χ4v) is 5.21. The molecule has 0 spiro atoms. The fourth-order valence-electron chi connectivity index (χ4n) is 5.21. The third-order valence-electron chi connectivity index (χ3n) is 6.68. The Kier molecular flexibility index (Phi) is 9.11. The highest BCUT2D eigenvalue weighted by Crippen LogP contribution is 2.36. The smallest absolute Gasteiger partial charge is 0.326 e. The molecule has 1 N–H and O–H groups in total. The maximum atomic E-state index is 13.7. The molecular weight excluding hydrogens is 432 g/mol. The molecule has 1 heterocycles. The summed E-state index contributed by atoms with van der Waals surface area (Å²) in [6.45, 7) is 7.50. The summed E-state index contributed by atoms with van der Waals surface area (Å²) in [7, 11) is 0. The first-order valence-electron chi connectivity index (χ1n) is 12.7. The van der Waals surface area contributed by atoms with E-state index in [1.165, 1.54) is 0 Å². The van der Waals surface area contributed by atoms with E-state index in [9.17, 15) is 14.4 Å². The Morgan fingerprint density at radius 1 is 1.12 bits per heavy atom. The van der Waals surface area contributed by atoms with E-state index in [0.717, 1.165) is 31.2 Å². The van der Waals surface area contributed by atoms with E-state index >= 15 is 0 Å². The van der Waals surface area contributed by atoms with Crippen LogP contribution in [0.15, 0.2) is 30.3 Å². The molecule has 1 aromatic rings. The number of ether oxygens (including phenoxy) is 2. The molecule has 7 nitrogen and oxygen atoms in total. The molecule has 3 unspecified atom stereocenters. The summed E-state index contributed by atoms with van der Waals surface area (Å²) in [5.74, 6) is -0.467. The van der Waals surface area contributed by atoms with Gasteiger partial charge in [0.1, 0.15) is 18.2 Å². The second-order valence-corrected chi connectivity index (χ2v) is 10.4. The van der Waals surface area contributed by atoms with Crippen molar-refractivity contribution in [3.8, 4) is 0 Å². The predicted molar refractivity (Wildman–Crippen MR) is 130 cm³/mol. The number of benzene rings is 1. The zero-order chi connectivity index (χ0) is 24.7. The van der Waals surface area contributed by atoms with Crippen molar-refractivity contribution in [2.24, 2.45) is 5.92 Å². The van der Waals surface area contributed by atoms with Crippen LogP contribution in [0, 0.1) is 5.92 Å². The van der Waals surface area contributed by atoms with Gasteiger partial charge in [-0.1, -0.05) is 36.8 Å². The first-order chi connectivity index (χ1) is 16.2. The Hall–Kier alpha value is -2.41. The summed E-state index contributed by atoms with van der Waals surface area (Å²) in [6.07, 6.45) is 5.80. The minimum absolute atomic E-state index is 0.0520. The molecule has 3 rings (SSSR count). The second-order valence-electron chi connectivity index (χ2n) is 10.4. The van der Waals surface area contributed by atoms with E-state index in [1.807, 2.05) is 51.1 Å². The summed E-state index contributed by atoms with van der Waals surface area (Å²) in [5, 5.41) is 3.32. The molecule has 7 heteroatoms. The minimum atomic E-state index is -0.606. The summed E-state index contributed by atoms with van der Waals surface area (Å²) < 4.78 is 10.8. The fraction of sp³-hybridized carbons (Fsp3) is 0.667. The Bertz CT molecular complexity index is 835. The lowest BCUT2D eigenvalue weighted by Gasteiger charge is -2.33. The molecule has 34 heavy (non-hydrogen) atoms. The van der Waals surface area contributed by atoms with Gasteiger partial charge in [-0.3, -0.25) is 19.7 Å². The molecule has 1 saturated heterocycles. The first-order valence-corrected chi connectivity index (χ1v) is 12.7. The van der Waals surface area contributed by atoms with Crippen LogP contribution in [0.3, 0.4) is 0 Å². The molecule has 0 bridgehead atoms. The minimum Gasteiger partial charge on any atom is -0.465 e. The van der Waals surface area contributed by atoms with Gasteiger partial charge in [-0.15, -0.1) is 0 Å². The van der Waals surface area contributed by atoms with Crippen molar-refractivity contribution < 1.29 is 23.9 Å². The van der Waals surface area contributed by atoms with Crippen molar-refractivity contribution in [2.75, 3.05) is 13.2 Å². The van der Waals surface area contributed by atoms with Gasteiger partial charge in [-0.25, -0.2) is 0 Å². The number of hydrogen-bond donors (Lipinski definition) is 1. The van der Waals surface area contributed by atoms with E-state index in [1.54, 1.807) is 11.8 Å². The lowest BCUT2D eigenvalue weighted by Crippen LogP contribution is -2.54. The third kappa shape index (κ3) is 7.29. The normalized spacial score (nSPS) is 23.7. The Morgan fingerprint density at radius 3 is 2.53 bits per heavy atom. The number of hydrogen-bond acceptors (Lipinski definition) is 6. The average Bonchev–Trinajstić information content (AvgIpc) is 3.20. The molecule has 2 fully saturated rings. The molecule has 0 radical (unpaired) electrons. The van der Waals surface area contributed by atoms with Crippen molar-refractivity contribution in [2.45, 2.75) is 96.4 Å². The zero-order valence-corrected chi connectivity index (χ0v) is 21.0. The highest BCUT2D eigenvalue weighted by atomic mass is 16.6. The van der Waals surface area contributed by atoms with Crippen molar-refractivity contribution in [1.82, 2.24) is 10.2 Å². The van der Waals surface area contributed by atoms with Gasteiger partial charge in [0.15, 0.2) is 0 Å². The van der Waals surface area contributed by atoms with Gasteiger partial charge in [0, 0.05) is 6.04 Å². The van der Waals surface area contributed by atoms with Crippen molar-refractivity contribution >= 4 is 17.8 Å². The maximum Gasteiger partial charge on any atom is 0.326 e. The first kappa shape index (κ1) is 26.2. The lowest BCUT2D eigenvalue weighted by atomic mass is 9.97. The number of likely N-dealkylation sites (tertiary alicyclic amines) is 1. The van der Waals surface area contributed by atoms with Crippen LogP contribution in [0.2, 0.25) is 0 Å². The van der Waals surface area contributed by atoms with Crippen LogP contribution < -0.4 is 5.32 Å². The molecular formula is C27H40N2O5. The van der Waals surface area contributed by atoms with Crippen LogP contribution in [0.1, 0.15) is 71.8 Å². The van der Waals surface area contributed by atoms with Crippen molar-refractivity contribution in [3.63, 3.8) is 0 Å². The highest BCUT2D eigenvalue weighted by Gasteiger charge is 2.42. The summed E-state index contributed by atoms with van der Waals surface area (Å²) >= 11 is 0. The lowest BCUT2D eigenvalue weighted by molar-refractivity contribution is -0.160. The molecule has 1 aliphatic carbocycles. The monoisotopic (exact) mass is 472 g/mol. The topological polar surface area (TPSA) is 84.9 Å². The number of fused-ring (bicyclic) bond motifs is 1. The van der Waals surface area contributed by atoms with Gasteiger partial charge in [0.05, 0.1) is 12.6 Å². The van der Waals surface area contributed by atoms with Crippen LogP contribution in [0.4, 0.5) is 0 Å².